The van der Waals surface area contributed by atoms with Crippen LogP contribution in [0.1, 0.15) is 40.9 Å². The fourth-order valence-electron chi connectivity index (χ4n) is 4.82. The van der Waals surface area contributed by atoms with Crippen molar-refractivity contribution >= 4 is 22.8 Å². The van der Waals surface area contributed by atoms with Gasteiger partial charge in [-0.1, -0.05) is 0 Å². The average Bonchev–Trinajstić information content (AvgIpc) is 3.32. The number of aromatic amines is 1. The van der Waals surface area contributed by atoms with Crippen LogP contribution in [-0.2, 0) is 11.8 Å². The summed E-state index contributed by atoms with van der Waals surface area (Å²) in [4.78, 5) is 29.8. The van der Waals surface area contributed by atoms with Crippen LogP contribution >= 0.6 is 0 Å². The van der Waals surface area contributed by atoms with Gasteiger partial charge < -0.3 is 14.8 Å². The molecule has 1 saturated heterocycles. The van der Waals surface area contributed by atoms with Crippen LogP contribution in [0.25, 0.3) is 10.9 Å². The molecule has 1 aliphatic carbocycles. The molecule has 1 atom stereocenters. The average molecular weight is 375 g/mol. The minimum Gasteiger partial charge on any atom is -0.361 e. The molecule has 28 heavy (non-hydrogen) atoms. The predicted octanol–water partition coefficient (Wildman–Crippen LogP) is 3.14. The molecule has 1 unspecified atom stereocenters. The van der Waals surface area contributed by atoms with Crippen LogP contribution in [-0.4, -0.2) is 52.9 Å². The zero-order valence-corrected chi connectivity index (χ0v) is 16.4. The van der Waals surface area contributed by atoms with E-state index in [4.69, 9.17) is 4.98 Å². The summed E-state index contributed by atoms with van der Waals surface area (Å²) in [6, 6.07) is 7.92. The minimum absolute atomic E-state index is 0.0326. The maximum absolute atomic E-state index is 13.3. The molecule has 144 valence electrons. The summed E-state index contributed by atoms with van der Waals surface area (Å²) >= 11 is 0. The highest BCUT2D eigenvalue weighted by Gasteiger charge is 2.45. The maximum atomic E-state index is 13.3. The Morgan fingerprint density at radius 2 is 2.14 bits per heavy atom. The minimum atomic E-state index is -0.0326. The van der Waals surface area contributed by atoms with Gasteiger partial charge in [0.25, 0.3) is 5.91 Å². The number of aromatic nitrogens is 3. The Bertz CT molecular complexity index is 1050. The normalized spacial score (nSPS) is 21.3. The molecule has 3 aromatic rings. The van der Waals surface area contributed by atoms with E-state index < -0.39 is 0 Å². The van der Waals surface area contributed by atoms with Crippen LogP contribution in [0, 0.1) is 0 Å². The third-order valence-electron chi connectivity index (χ3n) is 6.29. The number of anilines is 1. The molecule has 6 heteroatoms. The number of aryl methyl sites for hydroxylation is 1. The molecule has 2 aliphatic rings. The first kappa shape index (κ1) is 17.2. The quantitative estimate of drug-likeness (QED) is 0.747. The largest absolute Gasteiger partial charge is 0.361 e. The number of fused-ring (bicyclic) bond motifs is 3. The Kier molecular flexibility index (Phi) is 3.89. The molecule has 1 fully saturated rings. The first-order valence-electron chi connectivity index (χ1n) is 9.96. The van der Waals surface area contributed by atoms with Crippen molar-refractivity contribution in [3.05, 3.63) is 53.5 Å². The molecule has 3 heterocycles. The standard InChI is InChI=1S/C22H25N5O/c1-26(2)21-24-13-17-6-9-22(19(17)25-21)8-3-11-27(14-22)20(28)16-4-5-18-15(12-16)7-10-23-18/h4-5,7,10,12-13,23H,3,6,8-9,11,14H2,1-2H3. The van der Waals surface area contributed by atoms with Gasteiger partial charge in [-0.2, -0.15) is 0 Å². The molecule has 2 aromatic heterocycles. The van der Waals surface area contributed by atoms with Gasteiger partial charge in [0.2, 0.25) is 5.95 Å². The van der Waals surface area contributed by atoms with E-state index in [0.717, 1.165) is 66.9 Å². The third kappa shape index (κ3) is 2.66. The van der Waals surface area contributed by atoms with E-state index in [1.165, 1.54) is 5.56 Å². The van der Waals surface area contributed by atoms with Crippen LogP contribution in [0.4, 0.5) is 5.95 Å². The van der Waals surface area contributed by atoms with Gasteiger partial charge in [-0.3, -0.25) is 4.79 Å². The summed E-state index contributed by atoms with van der Waals surface area (Å²) in [6.45, 7) is 1.56. The monoisotopic (exact) mass is 375 g/mol. The van der Waals surface area contributed by atoms with E-state index in [2.05, 4.69) is 9.97 Å². The zero-order valence-electron chi connectivity index (χ0n) is 16.4. The lowest BCUT2D eigenvalue weighted by Gasteiger charge is -2.40. The van der Waals surface area contributed by atoms with E-state index in [9.17, 15) is 4.79 Å². The SMILES string of the molecule is CN(C)c1ncc2c(n1)C1(CCCN(C(=O)c3ccc4[nH]ccc4c3)C1)CC2. The number of amides is 1. The van der Waals surface area contributed by atoms with Crippen LogP contribution in [0.15, 0.2) is 36.7 Å². The number of nitrogens with zero attached hydrogens (tertiary/aromatic N) is 4. The summed E-state index contributed by atoms with van der Waals surface area (Å²) in [5.74, 6) is 0.874. The second-order valence-electron chi connectivity index (χ2n) is 8.33. The van der Waals surface area contributed by atoms with Crippen LogP contribution in [0.2, 0.25) is 0 Å². The molecule has 0 radical (unpaired) electrons. The maximum Gasteiger partial charge on any atom is 0.253 e. The van der Waals surface area contributed by atoms with Crippen molar-refractivity contribution in [2.75, 3.05) is 32.1 Å². The van der Waals surface area contributed by atoms with Crippen molar-refractivity contribution in [1.82, 2.24) is 19.9 Å². The lowest BCUT2D eigenvalue weighted by atomic mass is 9.77. The highest BCUT2D eigenvalue weighted by atomic mass is 16.2. The highest BCUT2D eigenvalue weighted by molar-refractivity contribution is 5.98. The van der Waals surface area contributed by atoms with Gasteiger partial charge >= 0.3 is 0 Å². The van der Waals surface area contributed by atoms with Gasteiger partial charge in [-0.15, -0.1) is 0 Å². The van der Waals surface area contributed by atoms with Gasteiger partial charge in [0, 0.05) is 61.5 Å². The second-order valence-corrected chi connectivity index (χ2v) is 8.33. The number of H-pyrrole nitrogens is 1. The van der Waals surface area contributed by atoms with Gasteiger partial charge in [0.15, 0.2) is 0 Å². The van der Waals surface area contributed by atoms with Gasteiger partial charge in [0.05, 0.1) is 5.69 Å². The predicted molar refractivity (Wildman–Crippen MR) is 110 cm³/mol. The lowest BCUT2D eigenvalue weighted by molar-refractivity contribution is 0.0633. The van der Waals surface area contributed by atoms with Gasteiger partial charge in [-0.25, -0.2) is 9.97 Å². The Hall–Kier alpha value is -2.89. The summed E-state index contributed by atoms with van der Waals surface area (Å²) in [7, 11) is 3.94. The topological polar surface area (TPSA) is 65.1 Å². The second kappa shape index (κ2) is 6.33. The van der Waals surface area contributed by atoms with Crippen LogP contribution in [0.3, 0.4) is 0 Å². The molecule has 5 rings (SSSR count). The number of likely N-dealkylation sites (tertiary alicyclic amines) is 1. The molecule has 1 aromatic carbocycles. The third-order valence-corrected chi connectivity index (χ3v) is 6.29. The molecular weight excluding hydrogens is 350 g/mol. The van der Waals surface area contributed by atoms with E-state index in [1.807, 2.05) is 60.6 Å². The van der Waals surface area contributed by atoms with Crippen molar-refractivity contribution in [2.45, 2.75) is 31.1 Å². The van der Waals surface area contributed by atoms with Crippen molar-refractivity contribution in [1.29, 1.82) is 0 Å². The molecule has 6 nitrogen and oxygen atoms in total. The number of carbonyl (C=O) groups excluding carboxylic acids is 1. The number of piperidine rings is 1. The van der Waals surface area contributed by atoms with Crippen molar-refractivity contribution in [2.24, 2.45) is 0 Å². The summed E-state index contributed by atoms with van der Waals surface area (Å²) in [6.07, 6.45) is 8.04. The van der Waals surface area contributed by atoms with E-state index >= 15 is 0 Å². The van der Waals surface area contributed by atoms with Gasteiger partial charge in [-0.05, 0) is 55.5 Å². The van der Waals surface area contributed by atoms with Crippen molar-refractivity contribution < 1.29 is 4.79 Å². The summed E-state index contributed by atoms with van der Waals surface area (Å²) in [5, 5.41) is 1.08. The van der Waals surface area contributed by atoms with Crippen molar-refractivity contribution in [3.63, 3.8) is 0 Å². The first-order chi connectivity index (χ1) is 13.6. The molecule has 1 spiro atoms. The molecule has 0 saturated carbocycles. The molecule has 0 bridgehead atoms. The zero-order chi connectivity index (χ0) is 19.3. The number of carbonyl (C=O) groups is 1. The Morgan fingerprint density at radius 1 is 1.25 bits per heavy atom. The molecular formula is C22H25N5O. The first-order valence-corrected chi connectivity index (χ1v) is 9.96. The smallest absolute Gasteiger partial charge is 0.253 e. The molecule has 1 amide bonds. The van der Waals surface area contributed by atoms with Gasteiger partial charge in [0.1, 0.15) is 0 Å². The molecule has 1 aliphatic heterocycles. The van der Waals surface area contributed by atoms with Crippen LogP contribution < -0.4 is 4.90 Å². The lowest BCUT2D eigenvalue weighted by Crippen LogP contribution is -2.48. The van der Waals surface area contributed by atoms with Crippen LogP contribution in [0.5, 0.6) is 0 Å². The van der Waals surface area contributed by atoms with E-state index in [-0.39, 0.29) is 11.3 Å². The summed E-state index contributed by atoms with van der Waals surface area (Å²) in [5.41, 5.74) is 4.19. The number of nitrogens with one attached hydrogen (secondary N) is 1. The van der Waals surface area contributed by atoms with E-state index in [0.29, 0.717) is 0 Å². The van der Waals surface area contributed by atoms with Crippen molar-refractivity contribution in [3.8, 4) is 0 Å². The number of benzene rings is 1. The summed E-state index contributed by atoms with van der Waals surface area (Å²) < 4.78 is 0. The Labute approximate surface area is 164 Å². The number of hydrogen-bond donors (Lipinski definition) is 1. The fraction of sp³-hybridized carbons (Fsp3) is 0.409. The van der Waals surface area contributed by atoms with E-state index in [1.54, 1.807) is 0 Å². The number of hydrogen-bond acceptors (Lipinski definition) is 4. The highest BCUT2D eigenvalue weighted by Crippen LogP contribution is 2.44. The Balaban J connectivity index is 1.46. The number of rotatable bonds is 2. The molecule has 1 N–H and O–H groups in total. The fourth-order valence-corrected chi connectivity index (χ4v) is 4.82. The Morgan fingerprint density at radius 3 is 3.00 bits per heavy atom.